The second-order valence-electron chi connectivity index (χ2n) is 13.5. The lowest BCUT2D eigenvalue weighted by molar-refractivity contribution is -0.389. The maximum Gasteiger partial charge on any atom is 0.393 e. The van der Waals surface area contributed by atoms with Gasteiger partial charge < -0.3 is 23.7 Å². The molecule has 0 aliphatic carbocycles. The van der Waals surface area contributed by atoms with Crippen molar-refractivity contribution in [2.75, 3.05) is 13.1 Å². The van der Waals surface area contributed by atoms with Crippen molar-refractivity contribution in [1.29, 1.82) is 0 Å². The number of aromatic nitrogens is 8. The predicted octanol–water partition coefficient (Wildman–Crippen LogP) is 6.12. The van der Waals surface area contributed by atoms with Gasteiger partial charge in [0.25, 0.3) is 5.69 Å². The molecule has 0 radical (unpaired) electrons. The summed E-state index contributed by atoms with van der Waals surface area (Å²) < 4.78 is 15.0. The van der Waals surface area contributed by atoms with Crippen molar-refractivity contribution < 1.29 is 37.8 Å². The fourth-order valence-electron chi connectivity index (χ4n) is 5.99. The van der Waals surface area contributed by atoms with Gasteiger partial charge in [0.05, 0.1) is 36.9 Å². The Hall–Kier alpha value is -8.07. The highest BCUT2D eigenvalue weighted by Crippen LogP contribution is 2.27. The van der Waals surface area contributed by atoms with Crippen LogP contribution in [0.25, 0.3) is 22.9 Å². The maximum absolute atomic E-state index is 12.1. The summed E-state index contributed by atoms with van der Waals surface area (Å²) >= 11 is 0. The molecule has 1 aliphatic heterocycles. The molecule has 8 rings (SSSR count). The molecule has 1 fully saturated rings. The number of nitro groups is 2. The number of carbonyl (C=O) groups excluding carboxylic acids is 3. The number of para-hydroxylation sites is 1. The van der Waals surface area contributed by atoms with Crippen molar-refractivity contribution in [3.63, 3.8) is 0 Å². The number of hydrogen-bond acceptors (Lipinski definition) is 19. The van der Waals surface area contributed by atoms with Crippen LogP contribution >= 0.6 is 0 Å². The zero-order chi connectivity index (χ0) is 43.8. The van der Waals surface area contributed by atoms with Gasteiger partial charge in [-0.25, -0.2) is 4.98 Å². The van der Waals surface area contributed by atoms with Gasteiger partial charge in [0.2, 0.25) is 35.0 Å². The molecule has 0 N–H and O–H groups in total. The molecule has 0 unspecified atom stereocenters. The fourth-order valence-corrected chi connectivity index (χ4v) is 5.99. The van der Waals surface area contributed by atoms with Crippen LogP contribution in [-0.2, 0) is 30.6 Å². The Morgan fingerprint density at radius 1 is 0.629 bits per heavy atom. The molecule has 5 heterocycles. The molecule has 1 saturated heterocycles. The minimum Gasteiger partial charge on any atom is -0.358 e. The van der Waals surface area contributed by atoms with Crippen molar-refractivity contribution >= 4 is 28.9 Å². The lowest BCUT2D eigenvalue weighted by Crippen LogP contribution is -2.29. The monoisotopic (exact) mass is 843 g/mol. The van der Waals surface area contributed by atoms with Crippen LogP contribution in [0.3, 0.4) is 0 Å². The van der Waals surface area contributed by atoms with Gasteiger partial charge in [0.1, 0.15) is 11.3 Å². The SMILES string of the molecule is CC(=O)Cc1nc(-c2nccnc2[N+](=O)[O-])no1.O=C(Cc1nc(-c2ccccc2[N+](=O)[O-])no1)c1ccccc1.O=C(Cc1nc(CN2CCCCC2)no1)c1ccccc1. The average Bonchev–Trinajstić information content (AvgIpc) is 4.07. The summed E-state index contributed by atoms with van der Waals surface area (Å²) in [4.78, 5) is 77.6. The van der Waals surface area contributed by atoms with Crippen LogP contribution in [0.1, 0.15) is 70.4 Å². The smallest absolute Gasteiger partial charge is 0.358 e. The Labute approximate surface area is 351 Å². The third kappa shape index (κ3) is 12.2. The highest BCUT2D eigenvalue weighted by atomic mass is 16.6. The second-order valence-corrected chi connectivity index (χ2v) is 13.5. The van der Waals surface area contributed by atoms with E-state index in [0.29, 0.717) is 29.4 Å². The molecule has 0 amide bonds. The van der Waals surface area contributed by atoms with E-state index in [2.05, 4.69) is 45.3 Å². The molecule has 1 aliphatic rings. The molecule has 21 nitrogen and oxygen atoms in total. The molecule has 0 atom stereocenters. The predicted molar refractivity (Wildman–Crippen MR) is 215 cm³/mol. The molecule has 21 heteroatoms. The van der Waals surface area contributed by atoms with Gasteiger partial charge in [-0.3, -0.25) is 29.4 Å². The number of carbonyl (C=O) groups is 3. The number of likely N-dealkylation sites (tertiary alicyclic amines) is 1. The Bertz CT molecular complexity index is 2620. The number of ketones is 3. The van der Waals surface area contributed by atoms with Gasteiger partial charge >= 0.3 is 5.82 Å². The van der Waals surface area contributed by atoms with Crippen LogP contribution in [-0.4, -0.2) is 85.6 Å². The number of Topliss-reactive ketones (excluding diaryl/α,β-unsaturated/α-hetero) is 3. The third-order valence-corrected chi connectivity index (χ3v) is 8.88. The number of hydrogen-bond donors (Lipinski definition) is 0. The number of piperidine rings is 1. The van der Waals surface area contributed by atoms with E-state index >= 15 is 0 Å². The fraction of sp³-hybridized carbons (Fsp3) is 0.244. The highest BCUT2D eigenvalue weighted by molar-refractivity contribution is 5.97. The van der Waals surface area contributed by atoms with Crippen LogP contribution in [0.4, 0.5) is 11.5 Å². The van der Waals surface area contributed by atoms with Crippen LogP contribution in [0.5, 0.6) is 0 Å². The zero-order valence-electron chi connectivity index (χ0n) is 33.1. The summed E-state index contributed by atoms with van der Waals surface area (Å²) in [6.45, 7) is 4.26. The molecule has 0 saturated carbocycles. The third-order valence-electron chi connectivity index (χ3n) is 8.88. The summed E-state index contributed by atoms with van der Waals surface area (Å²) in [6, 6.07) is 24.0. The van der Waals surface area contributed by atoms with Crippen LogP contribution < -0.4 is 0 Å². The summed E-state index contributed by atoms with van der Waals surface area (Å²) in [5.41, 5.74) is 1.25. The topological polar surface area (TPSA) is 283 Å². The van der Waals surface area contributed by atoms with Gasteiger partial charge in [-0.2, -0.15) is 15.0 Å². The van der Waals surface area contributed by atoms with E-state index in [1.807, 2.05) is 24.3 Å². The van der Waals surface area contributed by atoms with Gasteiger partial charge in [-0.1, -0.05) is 94.7 Å². The standard InChI is InChI=1S/C16H11N3O4.C16H19N3O2.C9H7N5O4/c20-14(11-6-2-1-3-7-11)10-15-17-16(18-23-15)12-8-4-5-9-13(12)19(21)22;20-14(13-7-3-1-4-8-13)11-16-17-15(18-21-16)12-19-9-5-2-6-10-19;1-5(15)4-6-12-8(13-18-6)7-9(14(16)17)11-3-2-10-7/h1-9H,10H2;1,3-4,7-8H,2,5-6,9-12H2;2-3H,4H2,1H3. The number of rotatable bonds is 14. The Balaban J connectivity index is 0.000000156. The Morgan fingerprint density at radius 2 is 1.16 bits per heavy atom. The van der Waals surface area contributed by atoms with E-state index in [0.717, 1.165) is 13.1 Å². The van der Waals surface area contributed by atoms with E-state index in [-0.39, 0.29) is 77.0 Å². The van der Waals surface area contributed by atoms with E-state index in [1.54, 1.807) is 48.5 Å². The second kappa shape index (κ2) is 21.3. The number of benzene rings is 3. The first-order chi connectivity index (χ1) is 30.0. The first kappa shape index (κ1) is 43.5. The minimum atomic E-state index is -0.691. The highest BCUT2D eigenvalue weighted by Gasteiger charge is 2.24. The summed E-state index contributed by atoms with van der Waals surface area (Å²) in [6.07, 6.45) is 6.32. The quantitative estimate of drug-likeness (QED) is 0.0677. The van der Waals surface area contributed by atoms with E-state index in [1.165, 1.54) is 50.7 Å². The van der Waals surface area contributed by atoms with Crippen molar-refractivity contribution in [2.24, 2.45) is 0 Å². The molecule has 316 valence electrons. The van der Waals surface area contributed by atoms with Crippen molar-refractivity contribution in [3.8, 4) is 22.9 Å². The van der Waals surface area contributed by atoms with Gasteiger partial charge in [-0.05, 0) is 48.8 Å². The number of nitro benzene ring substituents is 1. The number of nitrogens with zero attached hydrogens (tertiary/aromatic N) is 11. The van der Waals surface area contributed by atoms with Crippen LogP contribution in [0.2, 0.25) is 0 Å². The van der Waals surface area contributed by atoms with Gasteiger partial charge in [-0.15, -0.1) is 0 Å². The Morgan fingerprint density at radius 3 is 1.77 bits per heavy atom. The first-order valence-electron chi connectivity index (χ1n) is 19.1. The van der Waals surface area contributed by atoms with Crippen molar-refractivity contribution in [2.45, 2.75) is 52.0 Å². The molecule has 4 aromatic heterocycles. The summed E-state index contributed by atoms with van der Waals surface area (Å²) in [7, 11) is 0. The summed E-state index contributed by atoms with van der Waals surface area (Å²) in [5.74, 6) is 0.519. The lowest BCUT2D eigenvalue weighted by atomic mass is 10.1. The Kier molecular flexibility index (Phi) is 14.9. The molecule has 7 aromatic rings. The zero-order valence-corrected chi connectivity index (χ0v) is 33.1. The van der Waals surface area contributed by atoms with Crippen LogP contribution in [0, 0.1) is 20.2 Å². The van der Waals surface area contributed by atoms with Crippen LogP contribution in [0.15, 0.2) is 111 Å². The normalized spacial score (nSPS) is 12.3. The molecular weight excluding hydrogens is 807 g/mol. The van der Waals surface area contributed by atoms with E-state index < -0.39 is 15.7 Å². The molecule has 0 bridgehead atoms. The molecule has 0 spiro atoms. The first-order valence-corrected chi connectivity index (χ1v) is 19.1. The largest absolute Gasteiger partial charge is 0.393 e. The molecular formula is C41H37N11O10. The van der Waals surface area contributed by atoms with Gasteiger partial charge in [0, 0.05) is 17.2 Å². The average molecular weight is 844 g/mol. The molecule has 62 heavy (non-hydrogen) atoms. The molecule has 3 aromatic carbocycles. The van der Waals surface area contributed by atoms with Crippen molar-refractivity contribution in [3.05, 3.63) is 152 Å². The van der Waals surface area contributed by atoms with E-state index in [4.69, 9.17) is 13.6 Å². The lowest BCUT2D eigenvalue weighted by Gasteiger charge is -2.24. The van der Waals surface area contributed by atoms with E-state index in [9.17, 15) is 34.6 Å². The van der Waals surface area contributed by atoms with Gasteiger partial charge in [0.15, 0.2) is 23.6 Å². The van der Waals surface area contributed by atoms with Crippen molar-refractivity contribution in [1.82, 2.24) is 45.3 Å². The summed E-state index contributed by atoms with van der Waals surface area (Å²) in [5, 5.41) is 33.0. The maximum atomic E-state index is 12.1. The minimum absolute atomic E-state index is 0.00349.